The lowest BCUT2D eigenvalue weighted by Gasteiger charge is -2.27. The average Bonchev–Trinajstić information content (AvgIpc) is 2.52. The van der Waals surface area contributed by atoms with E-state index in [2.05, 4.69) is 37.2 Å². The molecule has 74 valence electrons. The second-order valence-electron chi connectivity index (χ2n) is 4.33. The van der Waals surface area contributed by atoms with Crippen LogP contribution in [-0.4, -0.2) is 16.1 Å². The van der Waals surface area contributed by atoms with Gasteiger partial charge in [0.2, 0.25) is 0 Å². The van der Waals surface area contributed by atoms with E-state index in [1.54, 1.807) is 0 Å². The summed E-state index contributed by atoms with van der Waals surface area (Å²) in [7, 11) is 0. The van der Waals surface area contributed by atoms with E-state index in [1.165, 1.54) is 0 Å². The molecule has 2 N–H and O–H groups in total. The van der Waals surface area contributed by atoms with Crippen LogP contribution < -0.4 is 5.73 Å². The van der Waals surface area contributed by atoms with Crippen molar-refractivity contribution in [3.63, 3.8) is 0 Å². The van der Waals surface area contributed by atoms with E-state index in [0.29, 0.717) is 12.5 Å². The molecule has 3 nitrogen and oxygen atoms in total. The first kappa shape index (κ1) is 10.3. The van der Waals surface area contributed by atoms with Gasteiger partial charge in [-0.1, -0.05) is 13.8 Å². The molecule has 0 spiro atoms. The Labute approximate surface area is 80.0 Å². The molecular weight excluding hydrogens is 162 g/mol. The predicted molar refractivity (Wildman–Crippen MR) is 54.7 cm³/mol. The molecule has 0 bridgehead atoms. The van der Waals surface area contributed by atoms with Gasteiger partial charge >= 0.3 is 0 Å². The van der Waals surface area contributed by atoms with E-state index in [1.807, 2.05) is 12.4 Å². The van der Waals surface area contributed by atoms with Crippen molar-refractivity contribution < 1.29 is 0 Å². The normalized spacial score (nSPS) is 12.5. The van der Waals surface area contributed by atoms with E-state index in [-0.39, 0.29) is 5.54 Å². The third-order valence-corrected chi connectivity index (χ3v) is 2.34. The van der Waals surface area contributed by atoms with Crippen LogP contribution in [0.1, 0.15) is 39.4 Å². The number of aromatic nitrogens is 2. The first-order chi connectivity index (χ1) is 5.99. The van der Waals surface area contributed by atoms with Gasteiger partial charge in [-0.15, -0.1) is 0 Å². The maximum atomic E-state index is 5.72. The summed E-state index contributed by atoms with van der Waals surface area (Å²) in [5.74, 6) is 1.55. The fourth-order valence-corrected chi connectivity index (χ4v) is 1.35. The van der Waals surface area contributed by atoms with Gasteiger partial charge in [0.25, 0.3) is 0 Å². The highest BCUT2D eigenvalue weighted by atomic mass is 15.1. The molecule has 1 aromatic heterocycles. The molecule has 0 amide bonds. The Morgan fingerprint density at radius 2 is 2.15 bits per heavy atom. The van der Waals surface area contributed by atoms with Crippen LogP contribution in [-0.2, 0) is 5.54 Å². The lowest BCUT2D eigenvalue weighted by Crippen LogP contribution is -2.35. The molecule has 0 aliphatic rings. The van der Waals surface area contributed by atoms with Gasteiger partial charge < -0.3 is 10.3 Å². The largest absolute Gasteiger partial charge is 0.328 e. The second-order valence-corrected chi connectivity index (χ2v) is 4.33. The Kier molecular flexibility index (Phi) is 2.76. The molecule has 3 heteroatoms. The van der Waals surface area contributed by atoms with E-state index >= 15 is 0 Å². The molecular formula is C10H19N3. The van der Waals surface area contributed by atoms with E-state index in [9.17, 15) is 0 Å². The number of hydrogen-bond donors (Lipinski definition) is 1. The molecule has 0 fully saturated rings. The standard InChI is InChI=1S/C10H19N3/c1-8(2)9-12-5-6-13(9)10(3,4)7-11/h5-6,8H,7,11H2,1-4H3. The minimum atomic E-state index is -0.0316. The van der Waals surface area contributed by atoms with E-state index < -0.39 is 0 Å². The van der Waals surface area contributed by atoms with Crippen LogP contribution in [0.15, 0.2) is 12.4 Å². The van der Waals surface area contributed by atoms with Crippen molar-refractivity contribution in [2.75, 3.05) is 6.54 Å². The minimum absolute atomic E-state index is 0.0316. The van der Waals surface area contributed by atoms with E-state index in [0.717, 1.165) is 5.82 Å². The molecule has 0 aliphatic carbocycles. The summed E-state index contributed by atoms with van der Waals surface area (Å²) in [4.78, 5) is 4.34. The van der Waals surface area contributed by atoms with Crippen LogP contribution in [0.4, 0.5) is 0 Å². The van der Waals surface area contributed by atoms with Gasteiger partial charge in [-0.3, -0.25) is 0 Å². The van der Waals surface area contributed by atoms with Crippen molar-refractivity contribution in [2.45, 2.75) is 39.2 Å². The van der Waals surface area contributed by atoms with Crippen molar-refractivity contribution >= 4 is 0 Å². The summed E-state index contributed by atoms with van der Waals surface area (Å²) in [5, 5.41) is 0. The van der Waals surface area contributed by atoms with Gasteiger partial charge in [0.15, 0.2) is 0 Å². The molecule has 0 unspecified atom stereocenters. The van der Waals surface area contributed by atoms with Crippen LogP contribution in [0.25, 0.3) is 0 Å². The third-order valence-electron chi connectivity index (χ3n) is 2.34. The number of nitrogens with zero attached hydrogens (tertiary/aromatic N) is 2. The summed E-state index contributed by atoms with van der Waals surface area (Å²) < 4.78 is 2.16. The van der Waals surface area contributed by atoms with Crippen molar-refractivity contribution in [1.29, 1.82) is 0 Å². The highest BCUT2D eigenvalue weighted by Gasteiger charge is 2.21. The minimum Gasteiger partial charge on any atom is -0.328 e. The SMILES string of the molecule is CC(C)c1nccn1C(C)(C)CN. The fourth-order valence-electron chi connectivity index (χ4n) is 1.35. The molecule has 0 saturated carbocycles. The maximum Gasteiger partial charge on any atom is 0.111 e. The smallest absolute Gasteiger partial charge is 0.111 e. The average molecular weight is 181 g/mol. The predicted octanol–water partition coefficient (Wildman–Crippen LogP) is 1.70. The zero-order valence-electron chi connectivity index (χ0n) is 8.91. The molecule has 0 aromatic carbocycles. The highest BCUT2D eigenvalue weighted by molar-refractivity contribution is 5.02. The van der Waals surface area contributed by atoms with Crippen molar-refractivity contribution in [3.05, 3.63) is 18.2 Å². The van der Waals surface area contributed by atoms with Crippen LogP contribution >= 0.6 is 0 Å². The quantitative estimate of drug-likeness (QED) is 0.771. The van der Waals surface area contributed by atoms with Crippen LogP contribution in [0.5, 0.6) is 0 Å². The van der Waals surface area contributed by atoms with Gasteiger partial charge in [0.05, 0.1) is 5.54 Å². The lowest BCUT2D eigenvalue weighted by atomic mass is 10.0. The van der Waals surface area contributed by atoms with Crippen LogP contribution in [0.3, 0.4) is 0 Å². The molecule has 0 saturated heterocycles. The van der Waals surface area contributed by atoms with Gasteiger partial charge in [-0.2, -0.15) is 0 Å². The first-order valence-corrected chi connectivity index (χ1v) is 4.73. The molecule has 0 aliphatic heterocycles. The number of hydrogen-bond acceptors (Lipinski definition) is 2. The molecule has 0 radical (unpaired) electrons. The Hall–Kier alpha value is -0.830. The number of imidazole rings is 1. The Morgan fingerprint density at radius 3 is 2.62 bits per heavy atom. The fraction of sp³-hybridized carbons (Fsp3) is 0.700. The molecule has 1 rings (SSSR count). The van der Waals surface area contributed by atoms with Crippen molar-refractivity contribution in [1.82, 2.24) is 9.55 Å². The summed E-state index contributed by atoms with van der Waals surface area (Å²) in [6, 6.07) is 0. The Balaban J connectivity index is 3.07. The summed E-state index contributed by atoms with van der Waals surface area (Å²) in [6.07, 6.45) is 3.84. The second kappa shape index (κ2) is 3.50. The summed E-state index contributed by atoms with van der Waals surface area (Å²) >= 11 is 0. The first-order valence-electron chi connectivity index (χ1n) is 4.73. The van der Waals surface area contributed by atoms with Gasteiger partial charge in [0.1, 0.15) is 5.82 Å². The van der Waals surface area contributed by atoms with Crippen LogP contribution in [0.2, 0.25) is 0 Å². The monoisotopic (exact) mass is 181 g/mol. The highest BCUT2D eigenvalue weighted by Crippen LogP contribution is 2.20. The molecule has 1 heterocycles. The van der Waals surface area contributed by atoms with Crippen LogP contribution in [0, 0.1) is 0 Å². The zero-order chi connectivity index (χ0) is 10.1. The Morgan fingerprint density at radius 1 is 1.54 bits per heavy atom. The topological polar surface area (TPSA) is 43.8 Å². The Bertz CT molecular complexity index is 273. The van der Waals surface area contributed by atoms with Crippen molar-refractivity contribution in [3.8, 4) is 0 Å². The lowest BCUT2D eigenvalue weighted by molar-refractivity contribution is 0.350. The molecule has 1 aromatic rings. The number of rotatable bonds is 3. The zero-order valence-corrected chi connectivity index (χ0v) is 8.91. The maximum absolute atomic E-state index is 5.72. The number of nitrogens with two attached hydrogens (primary N) is 1. The molecule has 0 atom stereocenters. The summed E-state index contributed by atoms with van der Waals surface area (Å²) in [6.45, 7) is 9.17. The van der Waals surface area contributed by atoms with Gasteiger partial charge in [0, 0.05) is 24.9 Å². The summed E-state index contributed by atoms with van der Waals surface area (Å²) in [5.41, 5.74) is 5.69. The van der Waals surface area contributed by atoms with E-state index in [4.69, 9.17) is 5.73 Å². The molecule has 13 heavy (non-hydrogen) atoms. The van der Waals surface area contributed by atoms with Crippen molar-refractivity contribution in [2.24, 2.45) is 5.73 Å². The third kappa shape index (κ3) is 1.91. The van der Waals surface area contributed by atoms with Gasteiger partial charge in [-0.05, 0) is 13.8 Å². The van der Waals surface area contributed by atoms with Gasteiger partial charge in [-0.25, -0.2) is 4.98 Å².